The van der Waals surface area contributed by atoms with E-state index in [2.05, 4.69) is 20.8 Å². The second-order valence-electron chi connectivity index (χ2n) is 8.17. The van der Waals surface area contributed by atoms with Gasteiger partial charge in [-0.1, -0.05) is 78.6 Å². The Morgan fingerprint density at radius 1 is 0.833 bits per heavy atom. The van der Waals surface area contributed by atoms with Gasteiger partial charge in [0.2, 0.25) is 0 Å². The second kappa shape index (κ2) is 17.5. The fourth-order valence-corrected chi connectivity index (χ4v) is 4.18. The summed E-state index contributed by atoms with van der Waals surface area (Å²) in [6.45, 7) is 9.03. The van der Waals surface area contributed by atoms with Crippen LogP contribution in [0.2, 0.25) is 0 Å². The topological polar surface area (TPSA) is 35.5 Å². The molecule has 0 bridgehead atoms. The molecule has 0 fully saturated rings. The zero-order chi connectivity index (χ0) is 22.0. The first-order chi connectivity index (χ1) is 14.6. The van der Waals surface area contributed by atoms with Crippen LogP contribution in [0.5, 0.6) is 5.75 Å². The molecule has 1 aromatic carbocycles. The van der Waals surface area contributed by atoms with Crippen LogP contribution in [0.3, 0.4) is 0 Å². The van der Waals surface area contributed by atoms with Crippen molar-refractivity contribution in [2.45, 2.75) is 121 Å². The molecule has 0 heterocycles. The molecule has 0 N–H and O–H groups in total. The molecular weight excluding hydrogens is 392 g/mol. The van der Waals surface area contributed by atoms with E-state index in [-0.39, 0.29) is 17.3 Å². The highest BCUT2D eigenvalue weighted by Gasteiger charge is 2.19. The number of hydrogen-bond donors (Lipinski definition) is 0. The van der Waals surface area contributed by atoms with Gasteiger partial charge in [-0.3, -0.25) is 4.79 Å². The van der Waals surface area contributed by atoms with Gasteiger partial charge in [-0.25, -0.2) is 0 Å². The van der Waals surface area contributed by atoms with Gasteiger partial charge >= 0.3 is 5.97 Å². The van der Waals surface area contributed by atoms with E-state index in [4.69, 9.17) is 9.47 Å². The summed E-state index contributed by atoms with van der Waals surface area (Å²) in [7, 11) is 0. The summed E-state index contributed by atoms with van der Waals surface area (Å²) >= 11 is 1.58. The molecular formula is C26H44O3S. The van der Waals surface area contributed by atoms with Crippen molar-refractivity contribution in [3.8, 4) is 5.75 Å². The smallest absolute Gasteiger partial charge is 0.319 e. The number of rotatable bonds is 18. The zero-order valence-corrected chi connectivity index (χ0v) is 20.6. The van der Waals surface area contributed by atoms with Gasteiger partial charge in [0, 0.05) is 4.90 Å². The highest BCUT2D eigenvalue weighted by Crippen LogP contribution is 2.28. The molecule has 0 aromatic heterocycles. The van der Waals surface area contributed by atoms with Crippen LogP contribution in [0.15, 0.2) is 29.2 Å². The number of benzene rings is 1. The number of hydrogen-bond acceptors (Lipinski definition) is 4. The van der Waals surface area contributed by atoms with E-state index in [1.165, 1.54) is 51.4 Å². The Hall–Kier alpha value is -1.16. The largest absolute Gasteiger partial charge is 0.491 e. The molecule has 0 aliphatic heterocycles. The van der Waals surface area contributed by atoms with Crippen LogP contribution in [0, 0.1) is 0 Å². The lowest BCUT2D eigenvalue weighted by atomic mass is 10.1. The zero-order valence-electron chi connectivity index (χ0n) is 19.8. The van der Waals surface area contributed by atoms with Crippen molar-refractivity contribution >= 4 is 17.7 Å². The van der Waals surface area contributed by atoms with Crippen molar-refractivity contribution in [1.82, 2.24) is 0 Å². The van der Waals surface area contributed by atoms with Crippen molar-refractivity contribution in [2.24, 2.45) is 0 Å². The summed E-state index contributed by atoms with van der Waals surface area (Å²) in [5, 5.41) is -0.144. The Balaban J connectivity index is 2.17. The van der Waals surface area contributed by atoms with E-state index in [0.29, 0.717) is 6.61 Å². The number of thioether (sulfide) groups is 1. The summed E-state index contributed by atoms with van der Waals surface area (Å²) in [5.41, 5.74) is 0. The first-order valence-corrected chi connectivity index (χ1v) is 13.1. The highest BCUT2D eigenvalue weighted by atomic mass is 32.2. The normalized spacial score (nSPS) is 13.1. The van der Waals surface area contributed by atoms with Gasteiger partial charge in [0.1, 0.15) is 11.0 Å². The van der Waals surface area contributed by atoms with Crippen molar-refractivity contribution in [3.05, 3.63) is 24.3 Å². The molecule has 0 spiro atoms. The maximum absolute atomic E-state index is 12.4. The summed E-state index contributed by atoms with van der Waals surface area (Å²) < 4.78 is 11.4. The number of unbranched alkanes of at least 4 members (excludes halogenated alkanes) is 9. The van der Waals surface area contributed by atoms with Crippen molar-refractivity contribution < 1.29 is 14.3 Å². The molecule has 0 aliphatic carbocycles. The fourth-order valence-electron chi connectivity index (χ4n) is 3.23. The predicted octanol–water partition coefficient (Wildman–Crippen LogP) is 8.20. The minimum atomic E-state index is -0.144. The van der Waals surface area contributed by atoms with Gasteiger partial charge in [0.15, 0.2) is 0 Å². The molecule has 30 heavy (non-hydrogen) atoms. The van der Waals surface area contributed by atoms with Crippen molar-refractivity contribution in [2.75, 3.05) is 6.61 Å². The Bertz CT molecular complexity index is 544. The van der Waals surface area contributed by atoms with Gasteiger partial charge in [-0.2, -0.15) is 0 Å². The average molecular weight is 437 g/mol. The second-order valence-corrected chi connectivity index (χ2v) is 9.45. The lowest BCUT2D eigenvalue weighted by molar-refractivity contribution is -0.143. The summed E-state index contributed by atoms with van der Waals surface area (Å²) in [5.74, 6) is 0.795. The molecule has 4 heteroatoms. The average Bonchev–Trinajstić information content (AvgIpc) is 2.76. The van der Waals surface area contributed by atoms with Crippen LogP contribution >= 0.6 is 11.8 Å². The van der Waals surface area contributed by atoms with E-state index in [1.54, 1.807) is 11.8 Å². The van der Waals surface area contributed by atoms with Gasteiger partial charge in [0.25, 0.3) is 0 Å². The summed E-state index contributed by atoms with van der Waals surface area (Å²) in [6.07, 6.45) is 14.8. The molecule has 0 aliphatic rings. The van der Waals surface area contributed by atoms with Gasteiger partial charge in [-0.15, -0.1) is 11.8 Å². The molecule has 1 rings (SSSR count). The maximum Gasteiger partial charge on any atom is 0.319 e. The van der Waals surface area contributed by atoms with E-state index in [9.17, 15) is 4.79 Å². The minimum Gasteiger partial charge on any atom is -0.491 e. The van der Waals surface area contributed by atoms with Gasteiger partial charge < -0.3 is 9.47 Å². The third-order valence-electron chi connectivity index (χ3n) is 5.39. The number of ether oxygens (including phenoxy) is 2. The van der Waals surface area contributed by atoms with Crippen molar-refractivity contribution in [1.29, 1.82) is 0 Å². The van der Waals surface area contributed by atoms with Crippen molar-refractivity contribution in [3.63, 3.8) is 0 Å². The van der Waals surface area contributed by atoms with E-state index in [1.807, 2.05) is 31.2 Å². The quantitative estimate of drug-likeness (QED) is 0.132. The Morgan fingerprint density at radius 3 is 1.93 bits per heavy atom. The molecule has 0 saturated carbocycles. The Labute approximate surface area is 189 Å². The molecule has 0 saturated heterocycles. The molecule has 172 valence electrons. The molecule has 2 atom stereocenters. The van der Waals surface area contributed by atoms with Crippen LogP contribution in [0.25, 0.3) is 0 Å². The van der Waals surface area contributed by atoms with Crippen LogP contribution in [0.4, 0.5) is 0 Å². The minimum absolute atomic E-state index is 0.0849. The third-order valence-corrected chi connectivity index (χ3v) is 6.74. The molecule has 3 nitrogen and oxygen atoms in total. The third kappa shape index (κ3) is 12.5. The molecule has 2 unspecified atom stereocenters. The molecule has 0 amide bonds. The fraction of sp³-hybridized carbons (Fsp3) is 0.731. The summed E-state index contributed by atoms with van der Waals surface area (Å²) in [6, 6.07) is 8.02. The first kappa shape index (κ1) is 26.9. The van der Waals surface area contributed by atoms with E-state index in [0.717, 1.165) is 36.3 Å². The number of esters is 1. The predicted molar refractivity (Wildman–Crippen MR) is 130 cm³/mol. The summed E-state index contributed by atoms with van der Waals surface area (Å²) in [4.78, 5) is 13.5. The van der Waals surface area contributed by atoms with Crippen LogP contribution < -0.4 is 4.74 Å². The first-order valence-electron chi connectivity index (χ1n) is 12.2. The lowest BCUT2D eigenvalue weighted by Gasteiger charge is -2.15. The monoisotopic (exact) mass is 436 g/mol. The number of carbonyl (C=O) groups is 1. The van der Waals surface area contributed by atoms with Crippen LogP contribution in [-0.4, -0.2) is 23.9 Å². The lowest BCUT2D eigenvalue weighted by Crippen LogP contribution is -2.20. The maximum atomic E-state index is 12.4. The molecule has 0 radical (unpaired) electrons. The van der Waals surface area contributed by atoms with E-state index < -0.39 is 0 Å². The van der Waals surface area contributed by atoms with E-state index >= 15 is 0 Å². The van der Waals surface area contributed by atoms with Gasteiger partial charge in [-0.05, 0) is 50.5 Å². The van der Waals surface area contributed by atoms with Crippen LogP contribution in [0.1, 0.15) is 105 Å². The SMILES string of the molecule is CCCCCCCCCCCCOC(=O)C(CC)Sc1ccc(OC(C)CC)cc1. The van der Waals surface area contributed by atoms with Gasteiger partial charge in [0.05, 0.1) is 12.7 Å². The standard InChI is InChI=1S/C26H44O3S/c1-5-8-9-10-11-12-13-14-15-16-21-28-26(27)25(7-3)30-24-19-17-23(18-20-24)29-22(4)6-2/h17-20,22,25H,5-16,21H2,1-4H3. The molecule has 1 aromatic rings. The Morgan fingerprint density at radius 2 is 1.40 bits per heavy atom. The van der Waals surface area contributed by atoms with Crippen LogP contribution in [-0.2, 0) is 9.53 Å². The number of carbonyl (C=O) groups excluding carboxylic acids is 1. The Kier molecular flexibility index (Phi) is 15.7. The highest BCUT2D eigenvalue weighted by molar-refractivity contribution is 8.00.